The summed E-state index contributed by atoms with van der Waals surface area (Å²) in [5.74, 6) is 0.285. The molecule has 1 heterocycles. The van der Waals surface area contributed by atoms with E-state index in [4.69, 9.17) is 4.74 Å². The van der Waals surface area contributed by atoms with E-state index < -0.39 is 6.10 Å². The first-order valence-corrected chi connectivity index (χ1v) is 9.10. The van der Waals surface area contributed by atoms with Gasteiger partial charge in [0.1, 0.15) is 11.6 Å². The molecule has 5 heteroatoms. The standard InChI is InChI=1S/C21H25FN2O2/c1-16(26-20-10-3-2-4-11-20)21(25)24(15-19-9-6-12-23-19)14-17-7-5-8-18(22)13-17/h2-5,7-8,10-11,13,16,19,23H,6,9,12,14-15H2,1H3/t16-,19?/m1/s1. The smallest absolute Gasteiger partial charge is 0.263 e. The summed E-state index contributed by atoms with van der Waals surface area (Å²) >= 11 is 0. The molecule has 0 bridgehead atoms. The van der Waals surface area contributed by atoms with Crippen LogP contribution < -0.4 is 10.1 Å². The number of nitrogens with one attached hydrogen (secondary N) is 1. The first-order chi connectivity index (χ1) is 12.6. The Kier molecular flexibility index (Phi) is 6.23. The van der Waals surface area contributed by atoms with Crippen molar-refractivity contribution in [1.82, 2.24) is 10.2 Å². The van der Waals surface area contributed by atoms with E-state index in [1.807, 2.05) is 36.4 Å². The molecular weight excluding hydrogens is 331 g/mol. The number of halogens is 1. The van der Waals surface area contributed by atoms with Gasteiger partial charge in [-0.2, -0.15) is 0 Å². The molecule has 3 rings (SSSR count). The summed E-state index contributed by atoms with van der Waals surface area (Å²) in [6.07, 6.45) is 1.55. The van der Waals surface area contributed by atoms with Crippen LogP contribution in [-0.4, -0.2) is 36.0 Å². The molecule has 0 saturated carbocycles. The van der Waals surface area contributed by atoms with Crippen LogP contribution in [0.25, 0.3) is 0 Å². The summed E-state index contributed by atoms with van der Waals surface area (Å²) in [7, 11) is 0. The Morgan fingerprint density at radius 1 is 1.27 bits per heavy atom. The summed E-state index contributed by atoms with van der Waals surface area (Å²) in [4.78, 5) is 14.8. The van der Waals surface area contributed by atoms with E-state index in [1.165, 1.54) is 12.1 Å². The zero-order valence-electron chi connectivity index (χ0n) is 15.0. The third-order valence-corrected chi connectivity index (χ3v) is 4.58. The van der Waals surface area contributed by atoms with E-state index in [1.54, 1.807) is 17.9 Å². The highest BCUT2D eigenvalue weighted by molar-refractivity contribution is 5.81. The minimum atomic E-state index is -0.604. The van der Waals surface area contributed by atoms with Gasteiger partial charge in [0, 0.05) is 19.1 Å². The second kappa shape index (κ2) is 8.81. The number of amides is 1. The molecule has 1 amide bonds. The number of nitrogens with zero attached hydrogens (tertiary/aromatic N) is 1. The molecule has 4 nitrogen and oxygen atoms in total. The van der Waals surface area contributed by atoms with Gasteiger partial charge in [-0.25, -0.2) is 4.39 Å². The fraction of sp³-hybridized carbons (Fsp3) is 0.381. The molecule has 1 N–H and O–H groups in total. The van der Waals surface area contributed by atoms with E-state index in [0.717, 1.165) is 24.9 Å². The first kappa shape index (κ1) is 18.4. The molecule has 1 saturated heterocycles. The van der Waals surface area contributed by atoms with Crippen LogP contribution in [0.5, 0.6) is 5.75 Å². The van der Waals surface area contributed by atoms with Crippen molar-refractivity contribution in [2.75, 3.05) is 13.1 Å². The molecule has 1 fully saturated rings. The summed E-state index contributed by atoms with van der Waals surface area (Å²) in [5, 5.41) is 3.42. The largest absolute Gasteiger partial charge is 0.481 e. The average Bonchev–Trinajstić information content (AvgIpc) is 3.14. The Hall–Kier alpha value is -2.40. The molecule has 0 aliphatic carbocycles. The number of benzene rings is 2. The van der Waals surface area contributed by atoms with Crippen molar-refractivity contribution in [3.63, 3.8) is 0 Å². The van der Waals surface area contributed by atoms with Gasteiger partial charge in [-0.3, -0.25) is 4.79 Å². The Labute approximate surface area is 154 Å². The fourth-order valence-electron chi connectivity index (χ4n) is 3.28. The van der Waals surface area contributed by atoms with Gasteiger partial charge in [0.2, 0.25) is 0 Å². The van der Waals surface area contributed by atoms with Crippen molar-refractivity contribution in [1.29, 1.82) is 0 Å². The lowest BCUT2D eigenvalue weighted by Crippen LogP contribution is -2.45. The van der Waals surface area contributed by atoms with Gasteiger partial charge < -0.3 is 15.0 Å². The first-order valence-electron chi connectivity index (χ1n) is 9.10. The van der Waals surface area contributed by atoms with Crippen molar-refractivity contribution in [3.05, 3.63) is 66.0 Å². The third kappa shape index (κ3) is 5.05. The van der Waals surface area contributed by atoms with Crippen LogP contribution in [0, 0.1) is 5.82 Å². The van der Waals surface area contributed by atoms with Crippen molar-refractivity contribution < 1.29 is 13.9 Å². The molecule has 0 spiro atoms. The second-order valence-corrected chi connectivity index (χ2v) is 6.72. The van der Waals surface area contributed by atoms with Crippen LogP contribution in [0.4, 0.5) is 4.39 Å². The Balaban J connectivity index is 1.71. The Bertz CT molecular complexity index is 717. The Morgan fingerprint density at radius 2 is 2.08 bits per heavy atom. The van der Waals surface area contributed by atoms with E-state index in [9.17, 15) is 9.18 Å². The predicted octanol–water partition coefficient (Wildman–Crippen LogP) is 3.37. The number of carbonyl (C=O) groups excluding carboxylic acids is 1. The van der Waals surface area contributed by atoms with Gasteiger partial charge >= 0.3 is 0 Å². The fourth-order valence-corrected chi connectivity index (χ4v) is 3.28. The highest BCUT2D eigenvalue weighted by Gasteiger charge is 2.26. The lowest BCUT2D eigenvalue weighted by molar-refractivity contribution is -0.139. The average molecular weight is 356 g/mol. The number of hydrogen-bond donors (Lipinski definition) is 1. The molecule has 2 atom stereocenters. The maximum atomic E-state index is 13.5. The highest BCUT2D eigenvalue weighted by Crippen LogP contribution is 2.16. The van der Waals surface area contributed by atoms with Gasteiger partial charge in [-0.15, -0.1) is 0 Å². The van der Waals surface area contributed by atoms with Gasteiger partial charge in [0.15, 0.2) is 6.10 Å². The summed E-state index contributed by atoms with van der Waals surface area (Å²) < 4.78 is 19.3. The highest BCUT2D eigenvalue weighted by atomic mass is 19.1. The van der Waals surface area contributed by atoms with Crippen LogP contribution >= 0.6 is 0 Å². The van der Waals surface area contributed by atoms with Gasteiger partial charge in [0.25, 0.3) is 5.91 Å². The molecule has 2 aromatic carbocycles. The SMILES string of the molecule is C[C@@H](Oc1ccccc1)C(=O)N(Cc1cccc(F)c1)CC1CCCN1. The van der Waals surface area contributed by atoms with Crippen LogP contribution in [0.3, 0.4) is 0 Å². The van der Waals surface area contributed by atoms with Crippen LogP contribution in [0.15, 0.2) is 54.6 Å². The lowest BCUT2D eigenvalue weighted by Gasteiger charge is -2.29. The monoisotopic (exact) mass is 356 g/mol. The number of hydrogen-bond acceptors (Lipinski definition) is 3. The van der Waals surface area contributed by atoms with Crippen LogP contribution in [0.1, 0.15) is 25.3 Å². The molecule has 26 heavy (non-hydrogen) atoms. The van der Waals surface area contributed by atoms with E-state index in [0.29, 0.717) is 18.8 Å². The van der Waals surface area contributed by atoms with Crippen molar-refractivity contribution in [2.24, 2.45) is 0 Å². The number of para-hydroxylation sites is 1. The molecule has 1 aliphatic heterocycles. The van der Waals surface area contributed by atoms with Crippen molar-refractivity contribution in [2.45, 2.75) is 38.5 Å². The molecule has 1 unspecified atom stereocenters. The molecular formula is C21H25FN2O2. The topological polar surface area (TPSA) is 41.6 Å². The summed E-state index contributed by atoms with van der Waals surface area (Å²) in [5.41, 5.74) is 0.781. The normalized spacial score (nSPS) is 17.7. The van der Waals surface area contributed by atoms with Crippen LogP contribution in [-0.2, 0) is 11.3 Å². The van der Waals surface area contributed by atoms with Crippen molar-refractivity contribution in [3.8, 4) is 5.75 Å². The zero-order chi connectivity index (χ0) is 18.4. The predicted molar refractivity (Wildman–Crippen MR) is 99.4 cm³/mol. The lowest BCUT2D eigenvalue weighted by atomic mass is 10.1. The maximum Gasteiger partial charge on any atom is 0.263 e. The second-order valence-electron chi connectivity index (χ2n) is 6.72. The zero-order valence-corrected chi connectivity index (χ0v) is 15.0. The molecule has 2 aromatic rings. The molecule has 0 radical (unpaired) electrons. The summed E-state index contributed by atoms with van der Waals surface area (Å²) in [6.45, 7) is 3.70. The number of carbonyl (C=O) groups is 1. The summed E-state index contributed by atoms with van der Waals surface area (Å²) in [6, 6.07) is 16.0. The van der Waals surface area contributed by atoms with Gasteiger partial charge in [-0.1, -0.05) is 30.3 Å². The quantitative estimate of drug-likeness (QED) is 0.827. The third-order valence-electron chi connectivity index (χ3n) is 4.58. The van der Waals surface area contributed by atoms with E-state index >= 15 is 0 Å². The number of rotatable bonds is 7. The Morgan fingerprint density at radius 3 is 2.77 bits per heavy atom. The minimum absolute atomic E-state index is 0.0909. The molecule has 1 aliphatic rings. The van der Waals surface area contributed by atoms with E-state index in [2.05, 4.69) is 5.32 Å². The van der Waals surface area contributed by atoms with Crippen LogP contribution in [0.2, 0.25) is 0 Å². The number of ether oxygens (including phenoxy) is 1. The maximum absolute atomic E-state index is 13.5. The van der Waals surface area contributed by atoms with Gasteiger partial charge in [-0.05, 0) is 56.1 Å². The molecule has 0 aromatic heterocycles. The van der Waals surface area contributed by atoms with Gasteiger partial charge in [0.05, 0.1) is 0 Å². The molecule has 138 valence electrons. The minimum Gasteiger partial charge on any atom is -0.481 e. The van der Waals surface area contributed by atoms with Crippen molar-refractivity contribution >= 4 is 5.91 Å². The van der Waals surface area contributed by atoms with E-state index in [-0.39, 0.29) is 17.8 Å².